The van der Waals surface area contributed by atoms with E-state index in [9.17, 15) is 9.59 Å². The summed E-state index contributed by atoms with van der Waals surface area (Å²) in [6, 6.07) is 15.4. The number of amides is 1. The Hall–Kier alpha value is -2.37. The molecule has 0 aliphatic heterocycles. The van der Waals surface area contributed by atoms with Crippen LogP contribution in [0.4, 0.5) is 0 Å². The highest BCUT2D eigenvalue weighted by Crippen LogP contribution is 2.35. The van der Waals surface area contributed by atoms with Gasteiger partial charge < -0.3 is 10.1 Å². The van der Waals surface area contributed by atoms with Crippen LogP contribution in [-0.2, 0) is 9.53 Å². The lowest BCUT2D eigenvalue weighted by Crippen LogP contribution is -2.32. The number of carbonyl (C=O) groups excluding carboxylic acids is 2. The predicted octanol–water partition coefficient (Wildman–Crippen LogP) is 5.29. The lowest BCUT2D eigenvalue weighted by atomic mass is 10.0. The molecule has 4 nitrogen and oxygen atoms in total. The van der Waals surface area contributed by atoms with Crippen LogP contribution in [0.25, 0.3) is 10.1 Å². The Balaban J connectivity index is 1.61. The first-order chi connectivity index (χ1) is 13.0. The number of rotatable bonds is 6. The van der Waals surface area contributed by atoms with Gasteiger partial charge in [0, 0.05) is 10.1 Å². The van der Waals surface area contributed by atoms with Crippen molar-refractivity contribution in [2.75, 3.05) is 6.61 Å². The largest absolute Gasteiger partial charge is 0.451 e. The Morgan fingerprint density at radius 3 is 2.52 bits per heavy atom. The summed E-state index contributed by atoms with van der Waals surface area (Å²) in [5, 5.41) is 4.08. The molecule has 1 amide bonds. The van der Waals surface area contributed by atoms with E-state index in [1.165, 1.54) is 11.3 Å². The molecule has 1 N–H and O–H groups in total. The summed E-state index contributed by atoms with van der Waals surface area (Å²) < 4.78 is 6.08. The lowest BCUT2D eigenvalue weighted by molar-refractivity contribution is -0.125. The van der Waals surface area contributed by atoms with Gasteiger partial charge in [0.2, 0.25) is 0 Å². The van der Waals surface area contributed by atoms with Gasteiger partial charge in [-0.15, -0.1) is 11.3 Å². The molecule has 140 valence electrons. The number of esters is 1. The first-order valence-electron chi connectivity index (χ1n) is 8.69. The van der Waals surface area contributed by atoms with E-state index in [0.29, 0.717) is 9.90 Å². The van der Waals surface area contributed by atoms with Crippen LogP contribution < -0.4 is 5.32 Å². The molecule has 6 heteroatoms. The summed E-state index contributed by atoms with van der Waals surface area (Å²) in [7, 11) is 0. The summed E-state index contributed by atoms with van der Waals surface area (Å²) in [4.78, 5) is 24.9. The molecule has 1 atom stereocenters. The van der Waals surface area contributed by atoms with Crippen molar-refractivity contribution < 1.29 is 14.3 Å². The molecule has 0 spiro atoms. The summed E-state index contributed by atoms with van der Waals surface area (Å²) in [6.45, 7) is 3.67. The number of ether oxygens (including phenoxy) is 1. The molecule has 3 rings (SSSR count). The minimum Gasteiger partial charge on any atom is -0.451 e. The summed E-state index contributed by atoms with van der Waals surface area (Å²) in [6.07, 6.45) is 0.741. The van der Waals surface area contributed by atoms with Gasteiger partial charge >= 0.3 is 5.97 Å². The first-order valence-corrected chi connectivity index (χ1v) is 9.89. The molecule has 1 heterocycles. The fourth-order valence-electron chi connectivity index (χ4n) is 2.80. The van der Waals surface area contributed by atoms with E-state index in [1.54, 1.807) is 0 Å². The highest BCUT2D eigenvalue weighted by atomic mass is 35.5. The van der Waals surface area contributed by atoms with Crippen molar-refractivity contribution in [3.8, 4) is 0 Å². The molecule has 2 aromatic carbocycles. The lowest BCUT2D eigenvalue weighted by Gasteiger charge is -2.17. The highest BCUT2D eigenvalue weighted by molar-refractivity contribution is 7.21. The van der Waals surface area contributed by atoms with Crippen molar-refractivity contribution in [3.05, 3.63) is 69.6 Å². The van der Waals surface area contributed by atoms with Crippen LogP contribution in [0.1, 0.15) is 40.2 Å². The number of benzene rings is 2. The molecule has 0 radical (unpaired) electrons. The third-order valence-electron chi connectivity index (χ3n) is 4.28. The molecular weight excluding hydrogens is 382 g/mol. The van der Waals surface area contributed by atoms with Crippen LogP contribution in [0.15, 0.2) is 48.5 Å². The molecule has 27 heavy (non-hydrogen) atoms. The fraction of sp³-hybridized carbons (Fsp3) is 0.238. The van der Waals surface area contributed by atoms with Gasteiger partial charge in [-0.25, -0.2) is 4.79 Å². The highest BCUT2D eigenvalue weighted by Gasteiger charge is 2.20. The molecule has 0 bridgehead atoms. The van der Waals surface area contributed by atoms with Gasteiger partial charge in [-0.1, -0.05) is 66.6 Å². The Morgan fingerprint density at radius 2 is 1.85 bits per heavy atom. The second-order valence-electron chi connectivity index (χ2n) is 6.26. The molecule has 0 fully saturated rings. The number of thiophene rings is 1. The average Bonchev–Trinajstić information content (AvgIpc) is 3.02. The summed E-state index contributed by atoms with van der Waals surface area (Å²) >= 11 is 7.54. The SMILES string of the molecule is CC[C@H](NC(=O)COC(=O)c1sc2ccccc2c1Cl)c1ccc(C)cc1. The van der Waals surface area contributed by atoms with E-state index in [0.717, 1.165) is 27.6 Å². The van der Waals surface area contributed by atoms with Gasteiger partial charge in [-0.05, 0) is 25.0 Å². The smallest absolute Gasteiger partial charge is 0.350 e. The topological polar surface area (TPSA) is 55.4 Å². The number of aryl methyl sites for hydroxylation is 1. The van der Waals surface area contributed by atoms with Gasteiger partial charge in [0.1, 0.15) is 4.88 Å². The van der Waals surface area contributed by atoms with Crippen LogP contribution in [-0.4, -0.2) is 18.5 Å². The van der Waals surface area contributed by atoms with Crippen molar-refractivity contribution in [2.45, 2.75) is 26.3 Å². The monoisotopic (exact) mass is 401 g/mol. The molecule has 0 saturated carbocycles. The van der Waals surface area contributed by atoms with Gasteiger partial charge in [0.05, 0.1) is 11.1 Å². The third kappa shape index (κ3) is 4.49. The summed E-state index contributed by atoms with van der Waals surface area (Å²) in [5.74, 6) is -0.923. The van der Waals surface area contributed by atoms with Crippen LogP contribution in [0.2, 0.25) is 5.02 Å². The normalized spacial score (nSPS) is 12.0. The van der Waals surface area contributed by atoms with Crippen LogP contribution in [0.3, 0.4) is 0 Å². The molecule has 0 saturated heterocycles. The van der Waals surface area contributed by atoms with Crippen LogP contribution >= 0.6 is 22.9 Å². The van der Waals surface area contributed by atoms with E-state index in [1.807, 2.05) is 62.4 Å². The van der Waals surface area contributed by atoms with Gasteiger partial charge in [0.25, 0.3) is 5.91 Å². The zero-order valence-electron chi connectivity index (χ0n) is 15.1. The molecule has 0 unspecified atom stereocenters. The standard InChI is InChI=1S/C21H20ClNO3S/c1-3-16(14-10-8-13(2)9-11-14)23-18(24)12-26-21(25)20-19(22)15-6-4-5-7-17(15)27-20/h4-11,16H,3,12H2,1-2H3,(H,23,24)/t16-/m0/s1. The van der Waals surface area contributed by atoms with E-state index >= 15 is 0 Å². The maximum Gasteiger partial charge on any atom is 0.350 e. The minimum absolute atomic E-state index is 0.121. The molecule has 3 aromatic rings. The molecule has 0 aliphatic rings. The van der Waals surface area contributed by atoms with E-state index in [2.05, 4.69) is 5.32 Å². The van der Waals surface area contributed by atoms with E-state index in [-0.39, 0.29) is 18.6 Å². The number of fused-ring (bicyclic) bond motifs is 1. The Morgan fingerprint density at radius 1 is 1.15 bits per heavy atom. The third-order valence-corrected chi connectivity index (χ3v) is 5.93. The van der Waals surface area contributed by atoms with Crippen molar-refractivity contribution in [1.29, 1.82) is 0 Å². The first kappa shape index (κ1) is 19.4. The minimum atomic E-state index is -0.584. The Labute approximate surface area is 167 Å². The van der Waals surface area contributed by atoms with Crippen molar-refractivity contribution in [1.82, 2.24) is 5.32 Å². The predicted molar refractivity (Wildman–Crippen MR) is 109 cm³/mol. The Bertz CT molecular complexity index is 965. The van der Waals surface area contributed by atoms with Crippen molar-refractivity contribution in [2.24, 2.45) is 0 Å². The quantitative estimate of drug-likeness (QED) is 0.571. The number of halogens is 1. The number of hydrogen-bond acceptors (Lipinski definition) is 4. The summed E-state index contributed by atoms with van der Waals surface area (Å²) in [5.41, 5.74) is 2.18. The van der Waals surface area contributed by atoms with Crippen molar-refractivity contribution in [3.63, 3.8) is 0 Å². The molecule has 1 aromatic heterocycles. The maximum atomic E-state index is 12.3. The second kappa shape index (κ2) is 8.55. The fourth-order valence-corrected chi connectivity index (χ4v) is 4.20. The zero-order chi connectivity index (χ0) is 19.4. The van der Waals surface area contributed by atoms with E-state index < -0.39 is 5.97 Å². The number of hydrogen-bond donors (Lipinski definition) is 1. The van der Waals surface area contributed by atoms with Crippen molar-refractivity contribution >= 4 is 44.9 Å². The number of carbonyl (C=O) groups is 2. The van der Waals surface area contributed by atoms with Crippen LogP contribution in [0, 0.1) is 6.92 Å². The van der Waals surface area contributed by atoms with E-state index in [4.69, 9.17) is 16.3 Å². The van der Waals surface area contributed by atoms with Gasteiger partial charge in [0.15, 0.2) is 6.61 Å². The Kier molecular flexibility index (Phi) is 6.14. The maximum absolute atomic E-state index is 12.3. The molecular formula is C21H20ClNO3S. The van der Waals surface area contributed by atoms with Crippen LogP contribution in [0.5, 0.6) is 0 Å². The average molecular weight is 402 g/mol. The second-order valence-corrected chi connectivity index (χ2v) is 7.69. The zero-order valence-corrected chi connectivity index (χ0v) is 16.7. The number of nitrogens with one attached hydrogen (secondary N) is 1. The van der Waals surface area contributed by atoms with Gasteiger partial charge in [-0.2, -0.15) is 0 Å². The van der Waals surface area contributed by atoms with Gasteiger partial charge in [-0.3, -0.25) is 4.79 Å². The molecule has 0 aliphatic carbocycles.